The second-order valence-corrected chi connectivity index (χ2v) is 11.6. The zero-order chi connectivity index (χ0) is 20.8. The molecule has 0 N–H and O–H groups in total. The Kier molecular flexibility index (Phi) is 22.4. The zero-order valence-electron chi connectivity index (χ0n) is 19.2. The van der Waals surface area contributed by atoms with E-state index < -0.39 is 8.80 Å². The van der Waals surface area contributed by atoms with Gasteiger partial charge in [-0.1, -0.05) is 103 Å². The first-order valence-electron chi connectivity index (χ1n) is 12.0. The molecule has 0 radical (unpaired) electrons. The average Bonchev–Trinajstić information content (AvgIpc) is 2.73. The highest BCUT2D eigenvalue weighted by Crippen LogP contribution is 2.19. The number of alkyl halides is 1. The summed E-state index contributed by atoms with van der Waals surface area (Å²) < 4.78 is 16.4. The Balaban J connectivity index is 3.18. The minimum atomic E-state index is -2.33. The maximum absolute atomic E-state index is 5.70. The highest BCUT2D eigenvalue weighted by atomic mass is 35.5. The molecule has 0 saturated heterocycles. The van der Waals surface area contributed by atoms with Gasteiger partial charge in [0.25, 0.3) is 0 Å². The molecule has 0 fully saturated rings. The molecule has 0 aromatic carbocycles. The number of halogens is 1. The molecule has 0 unspecified atom stereocenters. The van der Waals surface area contributed by atoms with Crippen LogP contribution in [0.5, 0.6) is 0 Å². The molecule has 0 aromatic heterocycles. The molecule has 0 saturated carbocycles. The summed E-state index contributed by atoms with van der Waals surface area (Å²) in [6.45, 7) is 0. The Bertz CT molecular complexity index is 293. The van der Waals surface area contributed by atoms with Gasteiger partial charge in [0.1, 0.15) is 0 Å². The van der Waals surface area contributed by atoms with Gasteiger partial charge in [-0.05, 0) is 12.8 Å². The molecule has 0 spiro atoms. The lowest BCUT2D eigenvalue weighted by Gasteiger charge is -2.24. The Labute approximate surface area is 182 Å². The third-order valence-corrected chi connectivity index (χ3v) is 8.90. The van der Waals surface area contributed by atoms with Crippen molar-refractivity contribution in [1.82, 2.24) is 0 Å². The highest BCUT2D eigenvalue weighted by Gasteiger charge is 2.36. The van der Waals surface area contributed by atoms with Gasteiger partial charge in [0.2, 0.25) is 0 Å². The van der Waals surface area contributed by atoms with Crippen LogP contribution in [0.15, 0.2) is 0 Å². The van der Waals surface area contributed by atoms with Crippen molar-refractivity contribution >= 4 is 20.4 Å². The van der Waals surface area contributed by atoms with Crippen molar-refractivity contribution in [1.29, 1.82) is 0 Å². The van der Waals surface area contributed by atoms with E-state index in [9.17, 15) is 0 Å². The summed E-state index contributed by atoms with van der Waals surface area (Å²) in [5.74, 6) is 0.834. The molecule has 0 atom stereocenters. The van der Waals surface area contributed by atoms with E-state index in [4.69, 9.17) is 24.9 Å². The minimum Gasteiger partial charge on any atom is -0.377 e. The molecule has 5 heteroatoms. The Morgan fingerprint density at radius 2 is 0.679 bits per heavy atom. The topological polar surface area (TPSA) is 27.7 Å². The summed E-state index contributed by atoms with van der Waals surface area (Å²) in [6.07, 6.45) is 24.7. The molecule has 170 valence electrons. The van der Waals surface area contributed by atoms with Gasteiger partial charge in [-0.3, -0.25) is 0 Å². The van der Waals surface area contributed by atoms with Gasteiger partial charge in [-0.15, -0.1) is 11.6 Å². The molecule has 3 nitrogen and oxygen atoms in total. The van der Waals surface area contributed by atoms with Crippen molar-refractivity contribution in [3.63, 3.8) is 0 Å². The van der Waals surface area contributed by atoms with Crippen LogP contribution in [-0.2, 0) is 13.3 Å². The van der Waals surface area contributed by atoms with E-state index in [2.05, 4.69) is 0 Å². The average molecular weight is 437 g/mol. The monoisotopic (exact) mass is 436 g/mol. The van der Waals surface area contributed by atoms with Crippen LogP contribution in [0, 0.1) is 0 Å². The SMILES string of the molecule is CO[Si](CCCCCCCCCCCCCCCCCCCCCl)(OC)OC. The van der Waals surface area contributed by atoms with Gasteiger partial charge in [0, 0.05) is 33.3 Å². The van der Waals surface area contributed by atoms with E-state index in [1.165, 1.54) is 109 Å². The molecular formula is C23H49ClO3Si. The van der Waals surface area contributed by atoms with E-state index in [1.807, 2.05) is 0 Å². The van der Waals surface area contributed by atoms with E-state index in [0.717, 1.165) is 18.3 Å². The molecular weight excluding hydrogens is 388 g/mol. The van der Waals surface area contributed by atoms with Crippen LogP contribution in [0.4, 0.5) is 0 Å². The van der Waals surface area contributed by atoms with Crippen LogP contribution >= 0.6 is 11.6 Å². The van der Waals surface area contributed by atoms with Crippen molar-refractivity contribution in [3.8, 4) is 0 Å². The van der Waals surface area contributed by atoms with Crippen LogP contribution in [0.1, 0.15) is 116 Å². The minimum absolute atomic E-state index is 0.834. The quantitative estimate of drug-likeness (QED) is 0.0918. The Morgan fingerprint density at radius 1 is 0.429 bits per heavy atom. The van der Waals surface area contributed by atoms with Crippen molar-refractivity contribution < 1.29 is 13.3 Å². The first-order chi connectivity index (χ1) is 13.7. The van der Waals surface area contributed by atoms with E-state index >= 15 is 0 Å². The number of hydrogen-bond acceptors (Lipinski definition) is 3. The third-order valence-electron chi connectivity index (χ3n) is 5.80. The number of hydrogen-bond donors (Lipinski definition) is 0. The number of unbranched alkanes of at least 4 members (excludes halogenated alkanes) is 17. The van der Waals surface area contributed by atoms with E-state index in [1.54, 1.807) is 21.3 Å². The molecule has 0 rings (SSSR count). The molecule has 0 aliphatic carbocycles. The summed E-state index contributed by atoms with van der Waals surface area (Å²) in [6, 6.07) is 0.935. The van der Waals surface area contributed by atoms with Crippen molar-refractivity contribution in [2.75, 3.05) is 27.2 Å². The normalized spacial score (nSPS) is 12.0. The predicted molar refractivity (Wildman–Crippen MR) is 125 cm³/mol. The van der Waals surface area contributed by atoms with Gasteiger partial charge in [-0.2, -0.15) is 0 Å². The molecule has 0 aliphatic heterocycles. The van der Waals surface area contributed by atoms with Crippen molar-refractivity contribution in [3.05, 3.63) is 0 Å². The van der Waals surface area contributed by atoms with Gasteiger partial charge in [-0.25, -0.2) is 0 Å². The lowest BCUT2D eigenvalue weighted by Crippen LogP contribution is -2.42. The third kappa shape index (κ3) is 17.3. The van der Waals surface area contributed by atoms with Crippen molar-refractivity contribution in [2.45, 2.75) is 122 Å². The summed E-state index contributed by atoms with van der Waals surface area (Å²) in [7, 11) is 2.76. The van der Waals surface area contributed by atoms with Gasteiger partial charge < -0.3 is 13.3 Å². The predicted octanol–water partition coefficient (Wildman–Crippen LogP) is 8.13. The second-order valence-electron chi connectivity index (χ2n) is 8.10. The van der Waals surface area contributed by atoms with Crippen molar-refractivity contribution in [2.24, 2.45) is 0 Å². The summed E-state index contributed by atoms with van der Waals surface area (Å²) in [4.78, 5) is 0. The summed E-state index contributed by atoms with van der Waals surface area (Å²) in [5, 5.41) is 0. The largest absolute Gasteiger partial charge is 0.500 e. The van der Waals surface area contributed by atoms with Crippen LogP contribution < -0.4 is 0 Å². The maximum Gasteiger partial charge on any atom is 0.500 e. The molecule has 28 heavy (non-hydrogen) atoms. The molecule has 0 aromatic rings. The summed E-state index contributed by atoms with van der Waals surface area (Å²) >= 11 is 5.70. The first-order valence-corrected chi connectivity index (χ1v) is 14.4. The van der Waals surface area contributed by atoms with E-state index in [-0.39, 0.29) is 0 Å². The van der Waals surface area contributed by atoms with Gasteiger partial charge >= 0.3 is 8.80 Å². The Morgan fingerprint density at radius 3 is 0.929 bits per heavy atom. The van der Waals surface area contributed by atoms with Gasteiger partial charge in [0.05, 0.1) is 0 Å². The smallest absolute Gasteiger partial charge is 0.377 e. The maximum atomic E-state index is 5.70. The molecule has 0 aliphatic rings. The zero-order valence-corrected chi connectivity index (χ0v) is 21.0. The van der Waals surface area contributed by atoms with Gasteiger partial charge in [0.15, 0.2) is 0 Å². The fraction of sp³-hybridized carbons (Fsp3) is 1.00. The lowest BCUT2D eigenvalue weighted by molar-refractivity contribution is 0.122. The van der Waals surface area contributed by atoms with Crippen LogP contribution in [0.3, 0.4) is 0 Å². The Hall–Kier alpha value is 0.387. The fourth-order valence-corrected chi connectivity index (χ4v) is 5.80. The molecule has 0 bridgehead atoms. The summed E-state index contributed by atoms with van der Waals surface area (Å²) in [5.41, 5.74) is 0. The van der Waals surface area contributed by atoms with Crippen LogP contribution in [0.2, 0.25) is 6.04 Å². The lowest BCUT2D eigenvalue weighted by atomic mass is 10.0. The van der Waals surface area contributed by atoms with Crippen LogP contribution in [0.25, 0.3) is 0 Å². The fourth-order valence-electron chi connectivity index (χ4n) is 3.82. The second kappa shape index (κ2) is 22.1. The standard InChI is InChI=1S/C23H49ClO3Si/c1-25-28(26-2,27-3)23-21-19-17-15-13-11-9-7-5-4-6-8-10-12-14-16-18-20-22-24/h4-23H2,1-3H3. The molecule has 0 heterocycles. The van der Waals surface area contributed by atoms with E-state index in [0.29, 0.717) is 0 Å². The van der Waals surface area contributed by atoms with Crippen LogP contribution in [-0.4, -0.2) is 36.0 Å². The molecule has 0 amide bonds. The first kappa shape index (κ1) is 28.4. The highest BCUT2D eigenvalue weighted by molar-refractivity contribution is 6.60. The number of rotatable bonds is 23.